The lowest BCUT2D eigenvalue weighted by molar-refractivity contribution is -0.122. The number of carbonyl (C=O) groups excluding carboxylic acids is 1. The monoisotopic (exact) mass is 357 g/mol. The molecule has 1 saturated heterocycles. The number of aryl methyl sites for hydroxylation is 1. The lowest BCUT2D eigenvalue weighted by Crippen LogP contribution is -2.49. The second-order valence-electron chi connectivity index (χ2n) is 7.67. The van der Waals surface area contributed by atoms with Crippen molar-refractivity contribution in [2.24, 2.45) is 5.92 Å². The van der Waals surface area contributed by atoms with Crippen LogP contribution in [0.2, 0.25) is 0 Å². The number of para-hydroxylation sites is 1. The maximum Gasteiger partial charge on any atom is 0.240 e. The van der Waals surface area contributed by atoms with Crippen molar-refractivity contribution in [1.29, 1.82) is 0 Å². The summed E-state index contributed by atoms with van der Waals surface area (Å²) < 4.78 is 7.57. The Kier molecular flexibility index (Phi) is 6.33. The van der Waals surface area contributed by atoms with Crippen molar-refractivity contribution in [3.05, 3.63) is 36.0 Å². The van der Waals surface area contributed by atoms with Crippen LogP contribution in [-0.2, 0) is 16.1 Å². The number of amides is 1. The molecule has 0 radical (unpaired) electrons. The Balaban J connectivity index is 1.61. The zero-order valence-corrected chi connectivity index (χ0v) is 16.2. The number of ether oxygens (including phenoxy) is 1. The van der Waals surface area contributed by atoms with E-state index in [1.807, 2.05) is 12.1 Å². The molecule has 1 fully saturated rings. The Bertz CT molecular complexity index is 732. The van der Waals surface area contributed by atoms with Crippen LogP contribution in [0.1, 0.15) is 26.0 Å². The molecular formula is C21H31N3O2. The lowest BCUT2D eigenvalue weighted by Gasteiger charge is -2.35. The molecule has 2 heterocycles. The average Bonchev–Trinajstić information content (AvgIpc) is 2.94. The smallest absolute Gasteiger partial charge is 0.240 e. The van der Waals surface area contributed by atoms with E-state index in [1.54, 1.807) is 0 Å². The van der Waals surface area contributed by atoms with Crippen molar-refractivity contribution in [3.8, 4) is 0 Å². The van der Waals surface area contributed by atoms with Gasteiger partial charge in [-0.05, 0) is 36.8 Å². The highest BCUT2D eigenvalue weighted by Gasteiger charge is 2.22. The van der Waals surface area contributed by atoms with Gasteiger partial charge in [-0.25, -0.2) is 0 Å². The second kappa shape index (κ2) is 8.69. The zero-order chi connectivity index (χ0) is 18.5. The van der Waals surface area contributed by atoms with Crippen LogP contribution in [0.15, 0.2) is 30.3 Å². The van der Waals surface area contributed by atoms with Crippen LogP contribution in [-0.4, -0.2) is 54.3 Å². The van der Waals surface area contributed by atoms with Gasteiger partial charge in [0, 0.05) is 36.9 Å². The minimum atomic E-state index is 0.0801. The summed E-state index contributed by atoms with van der Waals surface area (Å²) in [6.07, 6.45) is 1.09. The van der Waals surface area contributed by atoms with Crippen LogP contribution >= 0.6 is 0 Å². The minimum Gasteiger partial charge on any atom is -0.379 e. The summed E-state index contributed by atoms with van der Waals surface area (Å²) in [5.74, 6) is 0.687. The van der Waals surface area contributed by atoms with Gasteiger partial charge >= 0.3 is 0 Å². The van der Waals surface area contributed by atoms with Crippen LogP contribution in [0, 0.1) is 12.8 Å². The minimum absolute atomic E-state index is 0.0801. The molecule has 1 N–H and O–H groups in total. The van der Waals surface area contributed by atoms with E-state index in [9.17, 15) is 4.79 Å². The first-order chi connectivity index (χ1) is 12.5. The zero-order valence-electron chi connectivity index (χ0n) is 16.2. The summed E-state index contributed by atoms with van der Waals surface area (Å²) in [5.41, 5.74) is 2.24. The largest absolute Gasteiger partial charge is 0.379 e. The summed E-state index contributed by atoms with van der Waals surface area (Å²) in [4.78, 5) is 15.1. The highest BCUT2D eigenvalue weighted by atomic mass is 16.5. The molecular weight excluding hydrogens is 326 g/mol. The molecule has 142 valence electrons. The first kappa shape index (κ1) is 18.9. The Morgan fingerprint density at radius 1 is 1.23 bits per heavy atom. The summed E-state index contributed by atoms with van der Waals surface area (Å²) in [7, 11) is 0. The topological polar surface area (TPSA) is 46.5 Å². The second-order valence-corrected chi connectivity index (χ2v) is 7.67. The molecule has 1 atom stereocenters. The number of carbonyl (C=O) groups is 1. The lowest BCUT2D eigenvalue weighted by atomic mass is 10.0. The van der Waals surface area contributed by atoms with Crippen LogP contribution < -0.4 is 5.32 Å². The number of benzene rings is 1. The maximum absolute atomic E-state index is 12.6. The molecule has 5 nitrogen and oxygen atoms in total. The standard InChI is InChI=1S/C21H31N3O2/c1-16(2)12-19(23-8-10-26-11-9-23)14-22-21(25)15-24-17(3)13-18-6-4-5-7-20(18)24/h4-7,13,16,19H,8-12,14-15H2,1-3H3,(H,22,25). The van der Waals surface area contributed by atoms with E-state index in [1.165, 1.54) is 5.39 Å². The van der Waals surface area contributed by atoms with Crippen molar-refractivity contribution < 1.29 is 9.53 Å². The summed E-state index contributed by atoms with van der Waals surface area (Å²) in [5, 5.41) is 4.36. The van der Waals surface area contributed by atoms with E-state index in [-0.39, 0.29) is 5.91 Å². The molecule has 3 rings (SSSR count). The number of hydrogen-bond acceptors (Lipinski definition) is 3. The highest BCUT2D eigenvalue weighted by molar-refractivity contribution is 5.84. The molecule has 0 bridgehead atoms. The van der Waals surface area contributed by atoms with Gasteiger partial charge in [-0.2, -0.15) is 0 Å². The normalized spacial score (nSPS) is 16.9. The number of rotatable bonds is 7. The molecule has 0 spiro atoms. The van der Waals surface area contributed by atoms with Gasteiger partial charge in [0.1, 0.15) is 6.54 Å². The third-order valence-corrected chi connectivity index (χ3v) is 5.16. The molecule has 1 amide bonds. The van der Waals surface area contributed by atoms with Gasteiger partial charge < -0.3 is 14.6 Å². The van der Waals surface area contributed by atoms with Crippen LogP contribution in [0.25, 0.3) is 10.9 Å². The third-order valence-electron chi connectivity index (χ3n) is 5.16. The molecule has 1 aromatic heterocycles. The summed E-state index contributed by atoms with van der Waals surface area (Å²) in [6, 6.07) is 10.7. The summed E-state index contributed by atoms with van der Waals surface area (Å²) >= 11 is 0. The molecule has 1 unspecified atom stereocenters. The van der Waals surface area contributed by atoms with Gasteiger partial charge in [0.25, 0.3) is 0 Å². The van der Waals surface area contributed by atoms with Crippen molar-refractivity contribution >= 4 is 16.8 Å². The molecule has 1 aromatic carbocycles. The van der Waals surface area contributed by atoms with E-state index in [4.69, 9.17) is 4.74 Å². The van der Waals surface area contributed by atoms with E-state index in [0.717, 1.165) is 43.9 Å². The van der Waals surface area contributed by atoms with Gasteiger partial charge in [-0.1, -0.05) is 32.0 Å². The van der Waals surface area contributed by atoms with Gasteiger partial charge in [0.15, 0.2) is 0 Å². The predicted molar refractivity (Wildman–Crippen MR) is 105 cm³/mol. The predicted octanol–water partition coefficient (Wildman–Crippen LogP) is 2.81. The fourth-order valence-corrected chi connectivity index (χ4v) is 3.84. The van der Waals surface area contributed by atoms with Crippen molar-refractivity contribution in [2.75, 3.05) is 32.8 Å². The molecule has 5 heteroatoms. The maximum atomic E-state index is 12.6. The van der Waals surface area contributed by atoms with Gasteiger partial charge in [0.05, 0.1) is 13.2 Å². The first-order valence-corrected chi connectivity index (χ1v) is 9.68. The Morgan fingerprint density at radius 3 is 2.69 bits per heavy atom. The van der Waals surface area contributed by atoms with Crippen molar-refractivity contribution in [3.63, 3.8) is 0 Å². The number of aromatic nitrogens is 1. The van der Waals surface area contributed by atoms with Gasteiger partial charge in [-0.3, -0.25) is 9.69 Å². The average molecular weight is 357 g/mol. The molecule has 1 aliphatic heterocycles. The van der Waals surface area contributed by atoms with Crippen molar-refractivity contribution in [2.45, 2.75) is 39.8 Å². The van der Waals surface area contributed by atoms with Crippen LogP contribution in [0.4, 0.5) is 0 Å². The highest BCUT2D eigenvalue weighted by Crippen LogP contribution is 2.19. The van der Waals surface area contributed by atoms with Gasteiger partial charge in [0.2, 0.25) is 5.91 Å². The number of nitrogens with one attached hydrogen (secondary N) is 1. The number of nitrogens with zero attached hydrogens (tertiary/aromatic N) is 2. The number of morpholine rings is 1. The fourth-order valence-electron chi connectivity index (χ4n) is 3.84. The van der Waals surface area contributed by atoms with Crippen LogP contribution in [0.5, 0.6) is 0 Å². The molecule has 2 aromatic rings. The molecule has 26 heavy (non-hydrogen) atoms. The van der Waals surface area contributed by atoms with Gasteiger partial charge in [-0.15, -0.1) is 0 Å². The molecule has 1 aliphatic rings. The number of hydrogen-bond donors (Lipinski definition) is 1. The molecule has 0 saturated carbocycles. The molecule has 0 aliphatic carbocycles. The van der Waals surface area contributed by atoms with E-state index >= 15 is 0 Å². The van der Waals surface area contributed by atoms with E-state index in [0.29, 0.717) is 25.0 Å². The fraction of sp³-hybridized carbons (Fsp3) is 0.571. The third kappa shape index (κ3) is 4.65. The van der Waals surface area contributed by atoms with E-state index in [2.05, 4.69) is 53.8 Å². The Morgan fingerprint density at radius 2 is 1.96 bits per heavy atom. The Hall–Kier alpha value is -1.85. The van der Waals surface area contributed by atoms with Crippen molar-refractivity contribution in [1.82, 2.24) is 14.8 Å². The Labute approximate surface area is 156 Å². The summed E-state index contributed by atoms with van der Waals surface area (Å²) in [6.45, 7) is 11.1. The van der Waals surface area contributed by atoms with E-state index < -0.39 is 0 Å². The van der Waals surface area contributed by atoms with Crippen LogP contribution in [0.3, 0.4) is 0 Å². The first-order valence-electron chi connectivity index (χ1n) is 9.68. The SMILES string of the molecule is Cc1cc2ccccc2n1CC(=O)NCC(CC(C)C)N1CCOCC1. The number of fused-ring (bicyclic) bond motifs is 1. The quantitative estimate of drug-likeness (QED) is 0.829.